The molecule has 2 rings (SSSR count). The monoisotopic (exact) mass is 290 g/mol. The summed E-state index contributed by atoms with van der Waals surface area (Å²) in [6.45, 7) is 4.83. The molecule has 0 aliphatic rings. The highest BCUT2D eigenvalue weighted by molar-refractivity contribution is 7.71. The minimum absolute atomic E-state index is 0.0124. The van der Waals surface area contributed by atoms with Gasteiger partial charge in [-0.25, -0.2) is 0 Å². The molecule has 0 unspecified atom stereocenters. The molecule has 1 heterocycles. The first-order valence-corrected chi connectivity index (χ1v) is 6.90. The Morgan fingerprint density at radius 1 is 1.40 bits per heavy atom. The van der Waals surface area contributed by atoms with E-state index in [4.69, 9.17) is 12.2 Å². The van der Waals surface area contributed by atoms with Crippen molar-refractivity contribution >= 4 is 18.1 Å². The molecule has 0 spiro atoms. The van der Waals surface area contributed by atoms with Crippen molar-refractivity contribution in [1.82, 2.24) is 19.7 Å². The second-order valence-electron chi connectivity index (χ2n) is 4.71. The number of carbonyl (C=O) groups is 1. The molecule has 1 aromatic carbocycles. The number of rotatable bonds is 4. The Hall–Kier alpha value is -1.95. The Bertz CT molecular complexity index is 657. The zero-order chi connectivity index (χ0) is 14.7. The smallest absolute Gasteiger partial charge is 0.242 e. The van der Waals surface area contributed by atoms with E-state index in [1.54, 1.807) is 16.5 Å². The molecule has 5 nitrogen and oxygen atoms in total. The first-order chi connectivity index (χ1) is 9.52. The van der Waals surface area contributed by atoms with Gasteiger partial charge in [0.05, 0.1) is 0 Å². The molecule has 0 atom stereocenters. The van der Waals surface area contributed by atoms with Crippen LogP contribution >= 0.6 is 12.2 Å². The topological polar surface area (TPSA) is 53.9 Å². The van der Waals surface area contributed by atoms with Crippen LogP contribution in [0, 0.1) is 11.7 Å². The van der Waals surface area contributed by atoms with E-state index in [2.05, 4.69) is 10.2 Å². The maximum atomic E-state index is 12.0. The van der Waals surface area contributed by atoms with Gasteiger partial charge in [0.25, 0.3) is 0 Å². The van der Waals surface area contributed by atoms with Gasteiger partial charge in [0.2, 0.25) is 5.91 Å². The molecule has 0 bridgehead atoms. The number of hydrogen-bond donors (Lipinski definition) is 1. The molecule has 1 aromatic heterocycles. The largest absolute Gasteiger partial charge is 0.344 e. The highest BCUT2D eigenvalue weighted by Gasteiger charge is 2.14. The zero-order valence-corrected chi connectivity index (χ0v) is 12.7. The normalized spacial score (nSPS) is 10.6. The number of hydrogen-bond acceptors (Lipinski definition) is 3. The van der Waals surface area contributed by atoms with Crippen LogP contribution in [0.25, 0.3) is 11.4 Å². The van der Waals surface area contributed by atoms with Crippen LogP contribution in [0.1, 0.15) is 12.5 Å². The fourth-order valence-electron chi connectivity index (χ4n) is 1.82. The Morgan fingerprint density at radius 3 is 2.65 bits per heavy atom. The Balaban J connectivity index is 2.35. The van der Waals surface area contributed by atoms with Gasteiger partial charge in [-0.05, 0) is 26.1 Å². The summed E-state index contributed by atoms with van der Waals surface area (Å²) in [5, 5.41) is 6.99. The van der Waals surface area contributed by atoms with E-state index in [9.17, 15) is 4.79 Å². The third kappa shape index (κ3) is 2.96. The van der Waals surface area contributed by atoms with E-state index < -0.39 is 0 Å². The van der Waals surface area contributed by atoms with Crippen molar-refractivity contribution in [1.29, 1.82) is 0 Å². The predicted molar refractivity (Wildman–Crippen MR) is 80.9 cm³/mol. The highest BCUT2D eigenvalue weighted by Crippen LogP contribution is 2.18. The van der Waals surface area contributed by atoms with Gasteiger partial charge in [0.15, 0.2) is 10.6 Å². The van der Waals surface area contributed by atoms with Crippen molar-refractivity contribution in [2.45, 2.75) is 20.4 Å². The lowest BCUT2D eigenvalue weighted by Crippen LogP contribution is -2.30. The maximum absolute atomic E-state index is 12.0. The standard InChI is InChI=1S/C14H18N4OS/c1-4-17(3)12(19)9-18-13(15-16-14(18)20)11-7-5-10(2)6-8-11/h5-8H,4,9H2,1-3H3,(H,16,20). The number of aryl methyl sites for hydroxylation is 1. The quantitative estimate of drug-likeness (QED) is 0.880. The van der Waals surface area contributed by atoms with Crippen LogP contribution in [0.2, 0.25) is 0 Å². The second-order valence-corrected chi connectivity index (χ2v) is 5.10. The number of nitrogens with one attached hydrogen (secondary N) is 1. The van der Waals surface area contributed by atoms with Crippen molar-refractivity contribution in [3.63, 3.8) is 0 Å². The van der Waals surface area contributed by atoms with Crippen LogP contribution in [0.5, 0.6) is 0 Å². The Kier molecular flexibility index (Phi) is 4.34. The van der Waals surface area contributed by atoms with Crippen LogP contribution < -0.4 is 0 Å². The van der Waals surface area contributed by atoms with E-state index in [1.807, 2.05) is 38.1 Å². The van der Waals surface area contributed by atoms with E-state index in [0.717, 1.165) is 5.56 Å². The van der Waals surface area contributed by atoms with Gasteiger partial charge in [-0.15, -0.1) is 0 Å². The molecule has 0 aliphatic heterocycles. The predicted octanol–water partition coefficient (Wildman–Crippen LogP) is 2.39. The first kappa shape index (κ1) is 14.5. The second kappa shape index (κ2) is 6.00. The van der Waals surface area contributed by atoms with Crippen LogP contribution in [-0.2, 0) is 11.3 Å². The summed E-state index contributed by atoms with van der Waals surface area (Å²) in [6, 6.07) is 7.98. The lowest BCUT2D eigenvalue weighted by molar-refractivity contribution is -0.130. The SMILES string of the molecule is CCN(C)C(=O)Cn1c(-c2ccc(C)cc2)n[nH]c1=S. The summed E-state index contributed by atoms with van der Waals surface area (Å²) in [6.07, 6.45) is 0. The molecule has 0 aliphatic carbocycles. The lowest BCUT2D eigenvalue weighted by Gasteiger charge is -2.15. The van der Waals surface area contributed by atoms with Crippen molar-refractivity contribution in [2.24, 2.45) is 0 Å². The van der Waals surface area contributed by atoms with Crippen molar-refractivity contribution in [3.05, 3.63) is 34.6 Å². The lowest BCUT2D eigenvalue weighted by atomic mass is 10.1. The molecule has 6 heteroatoms. The molecule has 20 heavy (non-hydrogen) atoms. The van der Waals surface area contributed by atoms with Crippen LogP contribution in [0.15, 0.2) is 24.3 Å². The maximum Gasteiger partial charge on any atom is 0.242 e. The number of nitrogens with zero attached hydrogens (tertiary/aromatic N) is 3. The van der Waals surface area contributed by atoms with E-state index in [1.165, 1.54) is 5.56 Å². The minimum atomic E-state index is 0.0124. The first-order valence-electron chi connectivity index (χ1n) is 6.49. The van der Waals surface area contributed by atoms with Crippen LogP contribution in [-0.4, -0.2) is 39.2 Å². The molecule has 0 saturated carbocycles. The van der Waals surface area contributed by atoms with Gasteiger partial charge in [-0.3, -0.25) is 14.5 Å². The van der Waals surface area contributed by atoms with E-state index >= 15 is 0 Å². The zero-order valence-electron chi connectivity index (χ0n) is 11.9. The molecule has 2 aromatic rings. The third-order valence-electron chi connectivity index (χ3n) is 3.26. The molecule has 0 radical (unpaired) electrons. The van der Waals surface area contributed by atoms with Crippen molar-refractivity contribution < 1.29 is 4.79 Å². The van der Waals surface area contributed by atoms with E-state index in [-0.39, 0.29) is 12.5 Å². The van der Waals surface area contributed by atoms with Gasteiger partial charge in [-0.2, -0.15) is 5.10 Å². The number of amides is 1. The average molecular weight is 290 g/mol. The average Bonchev–Trinajstić information content (AvgIpc) is 2.80. The summed E-state index contributed by atoms with van der Waals surface area (Å²) < 4.78 is 2.19. The molecule has 1 N–H and O–H groups in total. The molecule has 0 fully saturated rings. The van der Waals surface area contributed by atoms with Crippen LogP contribution in [0.4, 0.5) is 0 Å². The Labute approximate surface area is 123 Å². The number of carbonyl (C=O) groups excluding carboxylic acids is 1. The summed E-state index contributed by atoms with van der Waals surface area (Å²) in [4.78, 5) is 13.7. The fraction of sp³-hybridized carbons (Fsp3) is 0.357. The molecular weight excluding hydrogens is 272 g/mol. The fourth-order valence-corrected chi connectivity index (χ4v) is 2.02. The third-order valence-corrected chi connectivity index (χ3v) is 3.57. The summed E-state index contributed by atoms with van der Waals surface area (Å²) >= 11 is 5.21. The molecular formula is C14H18N4OS. The van der Waals surface area contributed by atoms with Gasteiger partial charge in [0, 0.05) is 19.2 Å². The van der Waals surface area contributed by atoms with Crippen molar-refractivity contribution in [3.8, 4) is 11.4 Å². The summed E-state index contributed by atoms with van der Waals surface area (Å²) in [7, 11) is 1.78. The number of likely N-dealkylation sites (N-methyl/N-ethyl adjacent to an activating group) is 1. The van der Waals surface area contributed by atoms with Gasteiger partial charge < -0.3 is 4.90 Å². The number of aromatic nitrogens is 3. The molecule has 106 valence electrons. The molecule has 1 amide bonds. The van der Waals surface area contributed by atoms with Gasteiger partial charge >= 0.3 is 0 Å². The number of benzene rings is 1. The number of H-pyrrole nitrogens is 1. The van der Waals surface area contributed by atoms with Crippen molar-refractivity contribution in [2.75, 3.05) is 13.6 Å². The minimum Gasteiger partial charge on any atom is -0.344 e. The van der Waals surface area contributed by atoms with Crippen LogP contribution in [0.3, 0.4) is 0 Å². The summed E-state index contributed by atoms with van der Waals surface area (Å²) in [5.41, 5.74) is 2.12. The van der Waals surface area contributed by atoms with Gasteiger partial charge in [0.1, 0.15) is 6.54 Å². The highest BCUT2D eigenvalue weighted by atomic mass is 32.1. The summed E-state index contributed by atoms with van der Waals surface area (Å²) in [5.74, 6) is 0.700. The molecule has 0 saturated heterocycles. The van der Waals surface area contributed by atoms with Gasteiger partial charge in [-0.1, -0.05) is 29.8 Å². The Morgan fingerprint density at radius 2 is 2.05 bits per heavy atom. The van der Waals surface area contributed by atoms with E-state index in [0.29, 0.717) is 17.1 Å². The number of aromatic amines is 1.